The number of anilines is 2. The van der Waals surface area contributed by atoms with E-state index in [0.29, 0.717) is 5.69 Å². The fourth-order valence-corrected chi connectivity index (χ4v) is 2.99. The van der Waals surface area contributed by atoms with Crippen LogP contribution in [-0.2, 0) is 10.0 Å². The van der Waals surface area contributed by atoms with Crippen molar-refractivity contribution in [3.63, 3.8) is 0 Å². The Bertz CT molecular complexity index is 758. The second-order valence-electron chi connectivity index (χ2n) is 4.61. The summed E-state index contributed by atoms with van der Waals surface area (Å²) in [4.78, 5) is -0.0728. The number of halogens is 1. The molecular weight excluding hydrogens is 279 g/mol. The molecule has 0 heterocycles. The number of aryl methyl sites for hydroxylation is 2. The molecule has 20 heavy (non-hydrogen) atoms. The maximum atomic E-state index is 13.1. The summed E-state index contributed by atoms with van der Waals surface area (Å²) >= 11 is 0. The zero-order chi connectivity index (χ0) is 14.9. The van der Waals surface area contributed by atoms with Crippen molar-refractivity contribution in [3.8, 4) is 0 Å². The molecule has 2 rings (SSSR count). The Morgan fingerprint density at radius 2 is 1.80 bits per heavy atom. The summed E-state index contributed by atoms with van der Waals surface area (Å²) in [6.07, 6.45) is 0. The normalized spacial score (nSPS) is 11.3. The highest BCUT2D eigenvalue weighted by atomic mass is 32.2. The summed E-state index contributed by atoms with van der Waals surface area (Å²) in [5.74, 6) is -0.643. The first kappa shape index (κ1) is 14.3. The Balaban J connectivity index is 2.38. The Labute approximate surface area is 117 Å². The summed E-state index contributed by atoms with van der Waals surface area (Å²) in [7, 11) is -3.78. The molecule has 0 saturated carbocycles. The molecule has 106 valence electrons. The lowest BCUT2D eigenvalue weighted by atomic mass is 10.1. The summed E-state index contributed by atoms with van der Waals surface area (Å²) in [6.45, 7) is 3.73. The Morgan fingerprint density at radius 3 is 2.40 bits per heavy atom. The van der Waals surface area contributed by atoms with E-state index in [1.165, 1.54) is 6.07 Å². The maximum absolute atomic E-state index is 13.1. The lowest BCUT2D eigenvalue weighted by Gasteiger charge is -2.11. The lowest BCUT2D eigenvalue weighted by Crippen LogP contribution is -2.14. The molecule has 4 nitrogen and oxygen atoms in total. The number of rotatable bonds is 3. The number of hydrogen-bond donors (Lipinski definition) is 2. The van der Waals surface area contributed by atoms with Crippen molar-refractivity contribution in [2.24, 2.45) is 0 Å². The van der Waals surface area contributed by atoms with Gasteiger partial charge in [0.15, 0.2) is 0 Å². The van der Waals surface area contributed by atoms with Crippen molar-refractivity contribution in [2.75, 3.05) is 10.5 Å². The first-order valence-electron chi connectivity index (χ1n) is 5.95. The second kappa shape index (κ2) is 5.13. The molecule has 6 heteroatoms. The predicted octanol–water partition coefficient (Wildman–Crippen LogP) is 2.83. The molecule has 0 aliphatic heterocycles. The molecule has 0 aliphatic carbocycles. The van der Waals surface area contributed by atoms with Crippen LogP contribution in [0.4, 0.5) is 15.8 Å². The zero-order valence-electron chi connectivity index (χ0n) is 11.1. The SMILES string of the molecule is Cc1ccc(NS(=O)(=O)c2ccc(F)c(N)c2)c(C)c1. The molecule has 0 atom stereocenters. The van der Waals surface area contributed by atoms with E-state index >= 15 is 0 Å². The third-order valence-electron chi connectivity index (χ3n) is 2.90. The number of nitrogen functional groups attached to an aromatic ring is 1. The molecule has 0 unspecified atom stereocenters. The number of nitrogens with two attached hydrogens (primary N) is 1. The Kier molecular flexibility index (Phi) is 3.67. The zero-order valence-corrected chi connectivity index (χ0v) is 12.0. The molecule has 0 amide bonds. The molecule has 2 aromatic rings. The molecule has 2 aromatic carbocycles. The highest BCUT2D eigenvalue weighted by Crippen LogP contribution is 2.22. The van der Waals surface area contributed by atoms with Gasteiger partial charge in [-0.3, -0.25) is 4.72 Å². The van der Waals surface area contributed by atoms with Crippen LogP contribution in [0.25, 0.3) is 0 Å². The van der Waals surface area contributed by atoms with Crippen molar-refractivity contribution < 1.29 is 12.8 Å². The fourth-order valence-electron chi connectivity index (χ4n) is 1.82. The van der Waals surface area contributed by atoms with Crippen LogP contribution in [0.5, 0.6) is 0 Å². The van der Waals surface area contributed by atoms with Crippen LogP contribution >= 0.6 is 0 Å². The van der Waals surface area contributed by atoms with E-state index in [2.05, 4.69) is 4.72 Å². The van der Waals surface area contributed by atoms with Gasteiger partial charge in [-0.15, -0.1) is 0 Å². The van der Waals surface area contributed by atoms with E-state index in [0.717, 1.165) is 23.3 Å². The predicted molar refractivity (Wildman–Crippen MR) is 77.5 cm³/mol. The van der Waals surface area contributed by atoms with Crippen LogP contribution in [0.1, 0.15) is 11.1 Å². The van der Waals surface area contributed by atoms with E-state index in [4.69, 9.17) is 5.73 Å². The summed E-state index contributed by atoms with van der Waals surface area (Å²) < 4.78 is 40.0. The standard InChI is InChI=1S/C14H15FN2O2S/c1-9-3-6-14(10(2)7-9)17-20(18,19)11-4-5-12(15)13(16)8-11/h3-8,17H,16H2,1-2H3. The van der Waals surface area contributed by atoms with Crippen molar-refractivity contribution in [1.29, 1.82) is 0 Å². The topological polar surface area (TPSA) is 72.2 Å². The number of hydrogen-bond acceptors (Lipinski definition) is 3. The van der Waals surface area contributed by atoms with Gasteiger partial charge < -0.3 is 5.73 Å². The third-order valence-corrected chi connectivity index (χ3v) is 4.27. The van der Waals surface area contributed by atoms with Crippen LogP contribution in [-0.4, -0.2) is 8.42 Å². The average Bonchev–Trinajstić information content (AvgIpc) is 2.36. The van der Waals surface area contributed by atoms with Crippen LogP contribution in [0.3, 0.4) is 0 Å². The number of benzene rings is 2. The molecule has 0 bridgehead atoms. The molecule has 0 saturated heterocycles. The molecular formula is C14H15FN2O2S. The van der Waals surface area contributed by atoms with Gasteiger partial charge in [-0.2, -0.15) is 0 Å². The average molecular weight is 294 g/mol. The third kappa shape index (κ3) is 2.91. The molecule has 0 fully saturated rings. The van der Waals surface area contributed by atoms with Gasteiger partial charge in [-0.25, -0.2) is 12.8 Å². The smallest absolute Gasteiger partial charge is 0.261 e. The van der Waals surface area contributed by atoms with E-state index in [9.17, 15) is 12.8 Å². The van der Waals surface area contributed by atoms with Gasteiger partial charge in [0.1, 0.15) is 5.82 Å². The fraction of sp³-hybridized carbons (Fsp3) is 0.143. The van der Waals surface area contributed by atoms with Gasteiger partial charge in [0.25, 0.3) is 10.0 Å². The second-order valence-corrected chi connectivity index (χ2v) is 6.29. The Morgan fingerprint density at radius 1 is 1.10 bits per heavy atom. The Hall–Kier alpha value is -2.08. The molecule has 0 spiro atoms. The van der Waals surface area contributed by atoms with E-state index in [1.807, 2.05) is 26.0 Å². The van der Waals surface area contributed by atoms with Crippen molar-refractivity contribution in [3.05, 3.63) is 53.3 Å². The van der Waals surface area contributed by atoms with Crippen LogP contribution in [0.15, 0.2) is 41.3 Å². The van der Waals surface area contributed by atoms with Crippen molar-refractivity contribution in [1.82, 2.24) is 0 Å². The minimum Gasteiger partial charge on any atom is -0.396 e. The van der Waals surface area contributed by atoms with Crippen LogP contribution in [0.2, 0.25) is 0 Å². The van der Waals surface area contributed by atoms with E-state index in [-0.39, 0.29) is 10.6 Å². The number of nitrogens with one attached hydrogen (secondary N) is 1. The summed E-state index contributed by atoms with van der Waals surface area (Å²) in [5, 5.41) is 0. The minimum absolute atomic E-state index is 0.0728. The monoisotopic (exact) mass is 294 g/mol. The van der Waals surface area contributed by atoms with Gasteiger partial charge in [-0.1, -0.05) is 17.7 Å². The van der Waals surface area contributed by atoms with E-state index in [1.54, 1.807) is 6.07 Å². The van der Waals surface area contributed by atoms with Crippen LogP contribution < -0.4 is 10.5 Å². The highest BCUT2D eigenvalue weighted by Gasteiger charge is 2.16. The molecule has 0 radical (unpaired) electrons. The van der Waals surface area contributed by atoms with Crippen molar-refractivity contribution >= 4 is 21.4 Å². The lowest BCUT2D eigenvalue weighted by molar-refractivity contribution is 0.600. The van der Waals surface area contributed by atoms with Crippen LogP contribution in [0, 0.1) is 19.7 Å². The minimum atomic E-state index is -3.78. The largest absolute Gasteiger partial charge is 0.396 e. The first-order chi connectivity index (χ1) is 9.29. The van der Waals surface area contributed by atoms with E-state index < -0.39 is 15.8 Å². The molecule has 0 aromatic heterocycles. The number of sulfonamides is 1. The van der Waals surface area contributed by atoms with Gasteiger partial charge in [-0.05, 0) is 43.7 Å². The van der Waals surface area contributed by atoms with Crippen molar-refractivity contribution in [2.45, 2.75) is 18.7 Å². The summed E-state index contributed by atoms with van der Waals surface area (Å²) in [6, 6.07) is 8.68. The molecule has 3 N–H and O–H groups in total. The maximum Gasteiger partial charge on any atom is 0.261 e. The summed E-state index contributed by atoms with van der Waals surface area (Å²) in [5.41, 5.74) is 7.52. The van der Waals surface area contributed by atoms with Gasteiger partial charge >= 0.3 is 0 Å². The van der Waals surface area contributed by atoms with Gasteiger partial charge in [0.05, 0.1) is 16.3 Å². The quantitative estimate of drug-likeness (QED) is 0.855. The van der Waals surface area contributed by atoms with Gasteiger partial charge in [0, 0.05) is 0 Å². The highest BCUT2D eigenvalue weighted by molar-refractivity contribution is 7.92. The molecule has 0 aliphatic rings. The van der Waals surface area contributed by atoms with Gasteiger partial charge in [0.2, 0.25) is 0 Å². The first-order valence-corrected chi connectivity index (χ1v) is 7.43.